The second kappa shape index (κ2) is 7.38. The molecule has 0 bridgehead atoms. The lowest BCUT2D eigenvalue weighted by molar-refractivity contribution is -0.0480. The van der Waals surface area contributed by atoms with Crippen LogP contribution >= 0.6 is 11.6 Å². The highest BCUT2D eigenvalue weighted by Crippen LogP contribution is 2.55. The highest BCUT2D eigenvalue weighted by molar-refractivity contribution is 7.92. The van der Waals surface area contributed by atoms with Crippen LogP contribution in [0.25, 0.3) is 0 Å². The molecule has 0 saturated carbocycles. The van der Waals surface area contributed by atoms with E-state index in [9.17, 15) is 12.8 Å². The van der Waals surface area contributed by atoms with E-state index in [0.717, 1.165) is 12.1 Å². The third-order valence-corrected chi connectivity index (χ3v) is 8.47. The Labute approximate surface area is 173 Å². The normalized spacial score (nSPS) is 26.6. The average Bonchev–Trinajstić information content (AvgIpc) is 2.71. The maximum atomic E-state index is 15.1. The largest absolute Gasteiger partial charge is 0.490 e. The van der Waals surface area contributed by atoms with Crippen molar-refractivity contribution in [1.29, 1.82) is 0 Å². The number of sulfone groups is 1. The first kappa shape index (κ1) is 20.3. The second-order valence-corrected chi connectivity index (χ2v) is 9.75. The van der Waals surface area contributed by atoms with E-state index >= 15 is 4.39 Å². The van der Waals surface area contributed by atoms with E-state index in [-0.39, 0.29) is 35.8 Å². The summed E-state index contributed by atoms with van der Waals surface area (Å²) in [6.07, 6.45) is 2.83. The number of halogens is 3. The van der Waals surface area contributed by atoms with Crippen LogP contribution in [0, 0.1) is 17.6 Å². The Morgan fingerprint density at radius 2 is 1.83 bits per heavy atom. The maximum absolute atomic E-state index is 15.1. The molecule has 2 heterocycles. The highest BCUT2D eigenvalue weighted by Gasteiger charge is 2.61. The van der Waals surface area contributed by atoms with Crippen molar-refractivity contribution < 1.29 is 26.7 Å². The first-order valence-electron chi connectivity index (χ1n) is 9.19. The van der Waals surface area contributed by atoms with Crippen LogP contribution in [-0.4, -0.2) is 27.7 Å². The van der Waals surface area contributed by atoms with Crippen LogP contribution in [0.5, 0.6) is 5.75 Å². The molecule has 1 fully saturated rings. The van der Waals surface area contributed by atoms with Gasteiger partial charge in [-0.1, -0.05) is 23.8 Å². The van der Waals surface area contributed by atoms with Crippen molar-refractivity contribution in [3.63, 3.8) is 0 Å². The van der Waals surface area contributed by atoms with Gasteiger partial charge in [0.1, 0.15) is 10.6 Å². The number of allylic oxidation sites excluding steroid dienone is 1. The van der Waals surface area contributed by atoms with Crippen molar-refractivity contribution in [3.8, 4) is 5.75 Å². The van der Waals surface area contributed by atoms with E-state index in [1.807, 2.05) is 0 Å². The van der Waals surface area contributed by atoms with Crippen LogP contribution < -0.4 is 4.74 Å². The van der Waals surface area contributed by atoms with Crippen molar-refractivity contribution in [2.45, 2.75) is 29.1 Å². The summed E-state index contributed by atoms with van der Waals surface area (Å²) in [6.45, 7) is 1.74. The smallest absolute Gasteiger partial charge is 0.189 e. The lowest BCUT2D eigenvalue weighted by Crippen LogP contribution is -2.57. The van der Waals surface area contributed by atoms with Crippen LogP contribution in [0.15, 0.2) is 53.4 Å². The van der Waals surface area contributed by atoms with Crippen LogP contribution in [0.3, 0.4) is 0 Å². The van der Waals surface area contributed by atoms with Crippen LogP contribution in [0.1, 0.15) is 18.9 Å². The van der Waals surface area contributed by atoms with E-state index < -0.39 is 38.2 Å². The van der Waals surface area contributed by atoms with Crippen molar-refractivity contribution in [2.75, 3.05) is 13.2 Å². The Morgan fingerprint density at radius 3 is 2.52 bits per heavy atom. The van der Waals surface area contributed by atoms with Crippen LogP contribution in [-0.2, 0) is 19.3 Å². The molecule has 2 aliphatic rings. The minimum Gasteiger partial charge on any atom is -0.490 e. The number of hydrogen-bond acceptors (Lipinski definition) is 4. The predicted octanol–water partition coefficient (Wildman–Crippen LogP) is 4.66. The molecule has 0 radical (unpaired) electrons. The zero-order valence-electron chi connectivity index (χ0n) is 15.6. The van der Waals surface area contributed by atoms with Gasteiger partial charge in [0, 0.05) is 17.5 Å². The summed E-state index contributed by atoms with van der Waals surface area (Å²) < 4.78 is 67.1. The third-order valence-electron chi connectivity index (χ3n) is 5.65. The Bertz CT molecular complexity index is 1070. The van der Waals surface area contributed by atoms with Crippen LogP contribution in [0.4, 0.5) is 8.78 Å². The molecule has 0 unspecified atom stereocenters. The van der Waals surface area contributed by atoms with Crippen molar-refractivity contribution >= 4 is 21.4 Å². The van der Waals surface area contributed by atoms with E-state index in [2.05, 4.69) is 0 Å². The van der Waals surface area contributed by atoms with E-state index in [1.165, 1.54) is 24.3 Å². The average molecular weight is 441 g/mol. The van der Waals surface area contributed by atoms with Gasteiger partial charge in [-0.15, -0.1) is 0 Å². The molecule has 0 aromatic heterocycles. The molecular weight excluding hydrogens is 422 g/mol. The lowest BCUT2D eigenvalue weighted by Gasteiger charge is -2.49. The lowest BCUT2D eigenvalue weighted by atomic mass is 9.75. The molecule has 0 aliphatic carbocycles. The highest BCUT2D eigenvalue weighted by atomic mass is 35.5. The molecule has 4 nitrogen and oxygen atoms in total. The monoisotopic (exact) mass is 440 g/mol. The quantitative estimate of drug-likeness (QED) is 0.651. The summed E-state index contributed by atoms with van der Waals surface area (Å²) >= 11 is 5.92. The number of fused-ring (bicyclic) bond motifs is 3. The van der Waals surface area contributed by atoms with E-state index in [0.29, 0.717) is 5.02 Å². The van der Waals surface area contributed by atoms with E-state index in [1.54, 1.807) is 19.1 Å². The fourth-order valence-electron chi connectivity index (χ4n) is 4.37. The maximum Gasteiger partial charge on any atom is 0.189 e. The summed E-state index contributed by atoms with van der Waals surface area (Å²) in [5, 5.41) is 0.376. The van der Waals surface area contributed by atoms with Crippen molar-refractivity contribution in [2.24, 2.45) is 5.92 Å². The van der Waals surface area contributed by atoms with Gasteiger partial charge in [0.15, 0.2) is 21.4 Å². The molecule has 8 heteroatoms. The molecule has 2 aromatic carbocycles. The molecule has 1 saturated heterocycles. The summed E-state index contributed by atoms with van der Waals surface area (Å²) in [5.41, 5.74) is -0.262. The number of hydrogen-bond donors (Lipinski definition) is 0. The summed E-state index contributed by atoms with van der Waals surface area (Å²) in [4.78, 5) is -0.00969. The minimum atomic E-state index is -4.16. The first-order chi connectivity index (χ1) is 13.8. The number of benzene rings is 2. The Balaban J connectivity index is 2.04. The van der Waals surface area contributed by atoms with Gasteiger partial charge in [-0.25, -0.2) is 17.2 Å². The predicted molar refractivity (Wildman–Crippen MR) is 105 cm³/mol. The minimum absolute atomic E-state index is 0.00969. The SMILES string of the molecule is CC=C[C@@H]1OCC[C@@]2(S(=O)(=O)c3ccc(Cl)cc3)c3c(F)ccc(F)c3OC[C@@H]12. The van der Waals surface area contributed by atoms with Gasteiger partial charge in [-0.05, 0) is 49.7 Å². The molecule has 0 spiro atoms. The van der Waals surface area contributed by atoms with Gasteiger partial charge >= 0.3 is 0 Å². The molecule has 154 valence electrons. The molecule has 0 amide bonds. The van der Waals surface area contributed by atoms with Crippen molar-refractivity contribution in [3.05, 3.63) is 70.8 Å². The third kappa shape index (κ3) is 2.98. The molecular formula is C21H19ClF2O4S. The molecule has 0 N–H and O–H groups in total. The Hall–Kier alpha value is -1.96. The second-order valence-electron chi connectivity index (χ2n) is 7.11. The van der Waals surface area contributed by atoms with Gasteiger partial charge in [-0.3, -0.25) is 0 Å². The van der Waals surface area contributed by atoms with Gasteiger partial charge in [0.25, 0.3) is 0 Å². The summed E-state index contributed by atoms with van der Waals surface area (Å²) in [6, 6.07) is 7.58. The molecule has 4 rings (SSSR count). The van der Waals surface area contributed by atoms with E-state index in [4.69, 9.17) is 21.1 Å². The Kier molecular flexibility index (Phi) is 5.17. The Morgan fingerprint density at radius 1 is 1.14 bits per heavy atom. The number of rotatable bonds is 3. The fraction of sp³-hybridized carbons (Fsp3) is 0.333. The zero-order chi connectivity index (χ0) is 20.8. The molecule has 29 heavy (non-hydrogen) atoms. The molecule has 3 atom stereocenters. The van der Waals surface area contributed by atoms with Crippen LogP contribution in [0.2, 0.25) is 5.02 Å². The number of ether oxygens (including phenoxy) is 2. The van der Waals surface area contributed by atoms with Gasteiger partial charge in [-0.2, -0.15) is 0 Å². The van der Waals surface area contributed by atoms with Gasteiger partial charge < -0.3 is 9.47 Å². The van der Waals surface area contributed by atoms with Gasteiger partial charge in [0.2, 0.25) is 0 Å². The standard InChI is InChI=1S/C21H19ClF2O4S/c1-2-3-18-15-12-28-20-17(24)9-8-16(23)19(20)21(15,10-11-27-18)29(25,26)14-6-4-13(22)5-7-14/h2-9,15,18H,10-12H2,1H3/t15-,18-,21-/m0/s1. The summed E-state index contributed by atoms with van der Waals surface area (Å²) in [5.74, 6) is -2.71. The summed E-state index contributed by atoms with van der Waals surface area (Å²) in [7, 11) is -4.16. The first-order valence-corrected chi connectivity index (χ1v) is 11.0. The zero-order valence-corrected chi connectivity index (χ0v) is 17.1. The van der Waals surface area contributed by atoms with Gasteiger partial charge in [0.05, 0.1) is 23.2 Å². The topological polar surface area (TPSA) is 52.6 Å². The van der Waals surface area contributed by atoms with Crippen molar-refractivity contribution in [1.82, 2.24) is 0 Å². The fourth-order valence-corrected chi connectivity index (χ4v) is 6.82. The molecule has 2 aliphatic heterocycles. The molecule has 2 aromatic rings.